The van der Waals surface area contributed by atoms with Crippen molar-refractivity contribution in [3.05, 3.63) is 41.5 Å². The molecule has 1 aliphatic rings. The zero-order chi connectivity index (χ0) is 12.3. The molecule has 1 unspecified atom stereocenters. The Kier molecular flexibility index (Phi) is 3.85. The lowest BCUT2D eigenvalue weighted by Gasteiger charge is -2.14. The normalized spacial score (nSPS) is 17.9. The highest BCUT2D eigenvalue weighted by atomic mass is 16.5. The third-order valence-electron chi connectivity index (χ3n) is 3.31. The van der Waals surface area contributed by atoms with Crippen LogP contribution >= 0.6 is 0 Å². The minimum Gasteiger partial charge on any atom is -0.494 e. The molecule has 0 saturated heterocycles. The predicted octanol–water partition coefficient (Wildman–Crippen LogP) is 3.29. The van der Waals surface area contributed by atoms with E-state index in [1.807, 2.05) is 6.92 Å². The molecule has 0 saturated carbocycles. The van der Waals surface area contributed by atoms with Crippen LogP contribution in [0, 0.1) is 0 Å². The summed E-state index contributed by atoms with van der Waals surface area (Å²) in [5, 5.41) is 3.53. The Morgan fingerprint density at radius 3 is 3.00 bits per heavy atom. The van der Waals surface area contributed by atoms with Crippen molar-refractivity contribution in [2.75, 3.05) is 13.2 Å². The van der Waals surface area contributed by atoms with E-state index in [9.17, 15) is 0 Å². The number of hydrogen-bond acceptors (Lipinski definition) is 2. The number of fused-ring (bicyclic) bond motifs is 1. The van der Waals surface area contributed by atoms with Crippen LogP contribution in [0.1, 0.15) is 43.0 Å². The number of hydrogen-bond donors (Lipinski definition) is 1. The third kappa shape index (κ3) is 2.52. The average Bonchev–Trinajstić information content (AvgIpc) is 2.73. The van der Waals surface area contributed by atoms with Crippen LogP contribution in [0.5, 0.6) is 0 Å². The lowest BCUT2D eigenvalue weighted by Crippen LogP contribution is -2.18. The van der Waals surface area contributed by atoms with Crippen LogP contribution in [-0.4, -0.2) is 13.2 Å². The third-order valence-corrected chi connectivity index (χ3v) is 3.31. The topological polar surface area (TPSA) is 21.3 Å². The molecule has 0 bridgehead atoms. The van der Waals surface area contributed by atoms with Crippen molar-refractivity contribution in [1.82, 2.24) is 5.32 Å². The number of aryl methyl sites for hydroxylation is 1. The largest absolute Gasteiger partial charge is 0.494 e. The van der Waals surface area contributed by atoms with Crippen LogP contribution in [0.15, 0.2) is 24.8 Å². The summed E-state index contributed by atoms with van der Waals surface area (Å²) in [7, 11) is 0. The van der Waals surface area contributed by atoms with Gasteiger partial charge in [-0.05, 0) is 43.5 Å². The summed E-state index contributed by atoms with van der Waals surface area (Å²) in [6, 6.07) is 7.06. The molecule has 0 aliphatic heterocycles. The number of nitrogens with one attached hydrogen (secondary N) is 1. The van der Waals surface area contributed by atoms with Crippen molar-refractivity contribution < 1.29 is 4.74 Å². The van der Waals surface area contributed by atoms with E-state index < -0.39 is 0 Å². The van der Waals surface area contributed by atoms with Gasteiger partial charge in [0.2, 0.25) is 0 Å². The van der Waals surface area contributed by atoms with Gasteiger partial charge < -0.3 is 10.1 Å². The summed E-state index contributed by atoms with van der Waals surface area (Å²) in [5.74, 6) is 0.775. The molecule has 0 radical (unpaired) electrons. The van der Waals surface area contributed by atoms with Crippen LogP contribution in [0.25, 0.3) is 5.76 Å². The molecule has 0 amide bonds. The second-order valence-electron chi connectivity index (χ2n) is 4.42. The van der Waals surface area contributed by atoms with Crippen molar-refractivity contribution >= 4 is 5.76 Å². The van der Waals surface area contributed by atoms with Gasteiger partial charge in [-0.15, -0.1) is 0 Å². The quantitative estimate of drug-likeness (QED) is 0.785. The van der Waals surface area contributed by atoms with Gasteiger partial charge in [0.15, 0.2) is 0 Å². The Morgan fingerprint density at radius 2 is 2.29 bits per heavy atom. The summed E-state index contributed by atoms with van der Waals surface area (Å²) in [6.07, 6.45) is 2.38. The van der Waals surface area contributed by atoms with E-state index in [0.717, 1.165) is 17.9 Å². The maximum atomic E-state index is 5.47. The van der Waals surface area contributed by atoms with Gasteiger partial charge in [0.05, 0.1) is 6.61 Å². The smallest absolute Gasteiger partial charge is 0.119 e. The van der Waals surface area contributed by atoms with E-state index in [2.05, 4.69) is 37.0 Å². The highest BCUT2D eigenvalue weighted by Crippen LogP contribution is 2.33. The molecule has 0 fully saturated rings. The van der Waals surface area contributed by atoms with Crippen molar-refractivity contribution in [1.29, 1.82) is 0 Å². The first-order valence-corrected chi connectivity index (χ1v) is 6.44. The van der Waals surface area contributed by atoms with E-state index >= 15 is 0 Å². The predicted molar refractivity (Wildman–Crippen MR) is 71.8 cm³/mol. The molecule has 0 aromatic heterocycles. The minimum atomic E-state index is 0.504. The zero-order valence-corrected chi connectivity index (χ0v) is 10.8. The lowest BCUT2D eigenvalue weighted by atomic mass is 10.0. The van der Waals surface area contributed by atoms with Crippen molar-refractivity contribution in [3.63, 3.8) is 0 Å². The van der Waals surface area contributed by atoms with E-state index in [1.54, 1.807) is 0 Å². The van der Waals surface area contributed by atoms with Crippen molar-refractivity contribution in [2.24, 2.45) is 0 Å². The van der Waals surface area contributed by atoms with Crippen LogP contribution in [-0.2, 0) is 11.2 Å². The molecule has 1 atom stereocenters. The van der Waals surface area contributed by atoms with Gasteiger partial charge >= 0.3 is 0 Å². The number of benzene rings is 1. The molecule has 17 heavy (non-hydrogen) atoms. The molecule has 0 heterocycles. The summed E-state index contributed by atoms with van der Waals surface area (Å²) in [6.45, 7) is 9.80. The fraction of sp³-hybridized carbons (Fsp3) is 0.467. The van der Waals surface area contributed by atoms with Gasteiger partial charge in [0.25, 0.3) is 0 Å². The Bertz CT molecular complexity index is 409. The fourth-order valence-corrected chi connectivity index (χ4v) is 2.49. The monoisotopic (exact) mass is 231 g/mol. The first-order chi connectivity index (χ1) is 8.26. The maximum absolute atomic E-state index is 5.47. The van der Waals surface area contributed by atoms with E-state index in [0.29, 0.717) is 12.6 Å². The van der Waals surface area contributed by atoms with Gasteiger partial charge in [0.1, 0.15) is 5.76 Å². The molecule has 1 aromatic rings. The molecule has 0 spiro atoms. The fourth-order valence-electron chi connectivity index (χ4n) is 2.49. The first-order valence-electron chi connectivity index (χ1n) is 6.44. The second-order valence-corrected chi connectivity index (χ2v) is 4.42. The SMILES string of the molecule is C=C(OCC)c1ccc2c(c1)C(NCC)CC2. The van der Waals surface area contributed by atoms with Gasteiger partial charge in [-0.2, -0.15) is 0 Å². The highest BCUT2D eigenvalue weighted by Gasteiger charge is 2.21. The molecule has 2 rings (SSSR count). The summed E-state index contributed by atoms with van der Waals surface area (Å²) in [4.78, 5) is 0. The van der Waals surface area contributed by atoms with Gasteiger partial charge in [-0.1, -0.05) is 25.6 Å². The van der Waals surface area contributed by atoms with Crippen LogP contribution in [0.3, 0.4) is 0 Å². The van der Waals surface area contributed by atoms with E-state index in [-0.39, 0.29) is 0 Å². The van der Waals surface area contributed by atoms with Crippen molar-refractivity contribution in [2.45, 2.75) is 32.7 Å². The molecule has 1 aromatic carbocycles. The lowest BCUT2D eigenvalue weighted by molar-refractivity contribution is 0.299. The molecule has 92 valence electrons. The molecular formula is C15H21NO. The Morgan fingerprint density at radius 1 is 1.47 bits per heavy atom. The van der Waals surface area contributed by atoms with Crippen LogP contribution in [0.2, 0.25) is 0 Å². The van der Waals surface area contributed by atoms with Crippen LogP contribution in [0.4, 0.5) is 0 Å². The summed E-state index contributed by atoms with van der Waals surface area (Å²) in [5.41, 5.74) is 3.99. The summed E-state index contributed by atoms with van der Waals surface area (Å²) < 4.78 is 5.47. The van der Waals surface area contributed by atoms with Crippen molar-refractivity contribution in [3.8, 4) is 0 Å². The Balaban J connectivity index is 2.23. The highest BCUT2D eigenvalue weighted by molar-refractivity contribution is 5.60. The molecule has 2 heteroatoms. The zero-order valence-electron chi connectivity index (χ0n) is 10.8. The molecule has 1 N–H and O–H groups in total. The van der Waals surface area contributed by atoms with Gasteiger partial charge in [-0.3, -0.25) is 0 Å². The Labute approximate surface area is 104 Å². The Hall–Kier alpha value is -1.28. The number of rotatable bonds is 5. The van der Waals surface area contributed by atoms with Crippen LogP contribution < -0.4 is 5.32 Å². The number of ether oxygens (including phenoxy) is 1. The first kappa shape index (κ1) is 12.2. The van der Waals surface area contributed by atoms with E-state index in [4.69, 9.17) is 4.74 Å². The standard InChI is InChI=1S/C15H21NO/c1-4-16-15-9-8-12-6-7-13(10-14(12)15)11(3)17-5-2/h6-7,10,15-16H,3-5,8-9H2,1-2H3. The maximum Gasteiger partial charge on any atom is 0.119 e. The average molecular weight is 231 g/mol. The summed E-state index contributed by atoms with van der Waals surface area (Å²) >= 11 is 0. The minimum absolute atomic E-state index is 0.504. The molecular weight excluding hydrogens is 210 g/mol. The second kappa shape index (κ2) is 5.37. The molecule has 1 aliphatic carbocycles. The van der Waals surface area contributed by atoms with E-state index in [1.165, 1.54) is 24.0 Å². The molecule has 2 nitrogen and oxygen atoms in total. The van der Waals surface area contributed by atoms with Gasteiger partial charge in [0, 0.05) is 11.6 Å². The van der Waals surface area contributed by atoms with Gasteiger partial charge in [-0.25, -0.2) is 0 Å².